The number of terminal acetylenes is 1. The molecule has 0 radical (unpaired) electrons. The van der Waals surface area contributed by atoms with Crippen LogP contribution >= 0.6 is 15.9 Å². The van der Waals surface area contributed by atoms with Gasteiger partial charge in [-0.05, 0) is 25.3 Å². The molecule has 0 aromatic heterocycles. The molecule has 2 N–H and O–H groups in total. The number of hydrogen-bond acceptors (Lipinski definition) is 3. The summed E-state index contributed by atoms with van der Waals surface area (Å²) in [6.45, 7) is 2.00. The summed E-state index contributed by atoms with van der Waals surface area (Å²) in [6, 6.07) is 0. The summed E-state index contributed by atoms with van der Waals surface area (Å²) in [5.74, 6) is 0.785. The highest BCUT2D eigenvalue weighted by Gasteiger charge is 2.39. The zero-order valence-corrected chi connectivity index (χ0v) is 12.7. The van der Waals surface area contributed by atoms with Gasteiger partial charge in [0.05, 0.1) is 6.10 Å². The van der Waals surface area contributed by atoms with Gasteiger partial charge in [0, 0.05) is 11.2 Å². The van der Waals surface area contributed by atoms with Crippen LogP contribution in [0.3, 0.4) is 0 Å². The summed E-state index contributed by atoms with van der Waals surface area (Å²) >= 11 is 3.55. The molecule has 2 unspecified atom stereocenters. The van der Waals surface area contributed by atoms with Crippen molar-refractivity contribution in [1.82, 2.24) is 0 Å². The van der Waals surface area contributed by atoms with Crippen LogP contribution in [0.2, 0.25) is 0 Å². The third-order valence-corrected chi connectivity index (χ3v) is 4.16. The standard InChI is InChI=1S/C15H21BrO3/c1-3-5-6-10-14(17)15(18)11-8-7-9-12(16)13(4-2)19-15/h1,5-8,12-14,17-18H,4,9-11H2,2H3/b6-5+,8-7-/t12-,13?,14+,15?/m0/s1. The number of hydrogen-bond donors (Lipinski definition) is 2. The second-order valence-electron chi connectivity index (χ2n) is 4.66. The fourth-order valence-electron chi connectivity index (χ4n) is 2.02. The van der Waals surface area contributed by atoms with E-state index >= 15 is 0 Å². The Hall–Kier alpha value is -0.600. The molecule has 0 fully saturated rings. The smallest absolute Gasteiger partial charge is 0.196 e. The maximum absolute atomic E-state index is 10.5. The molecule has 1 rings (SSSR count). The van der Waals surface area contributed by atoms with Crippen LogP contribution in [0.4, 0.5) is 0 Å². The van der Waals surface area contributed by atoms with Gasteiger partial charge in [-0.25, -0.2) is 0 Å². The molecule has 3 nitrogen and oxygen atoms in total. The zero-order valence-electron chi connectivity index (χ0n) is 11.1. The van der Waals surface area contributed by atoms with Gasteiger partial charge in [0.1, 0.15) is 6.10 Å². The van der Waals surface area contributed by atoms with Crippen molar-refractivity contribution in [1.29, 1.82) is 0 Å². The summed E-state index contributed by atoms with van der Waals surface area (Å²) in [5, 5.41) is 20.7. The molecule has 19 heavy (non-hydrogen) atoms. The first kappa shape index (κ1) is 16.5. The minimum Gasteiger partial charge on any atom is -0.387 e. The topological polar surface area (TPSA) is 49.7 Å². The Morgan fingerprint density at radius 3 is 3.00 bits per heavy atom. The molecule has 0 spiro atoms. The Kier molecular flexibility index (Phi) is 6.81. The molecule has 1 aliphatic heterocycles. The van der Waals surface area contributed by atoms with E-state index in [4.69, 9.17) is 11.2 Å². The Bertz CT molecular complexity index is 372. The first-order valence-electron chi connectivity index (χ1n) is 6.52. The van der Waals surface area contributed by atoms with Crippen LogP contribution in [0.25, 0.3) is 0 Å². The van der Waals surface area contributed by atoms with Crippen LogP contribution in [0, 0.1) is 12.3 Å². The number of ether oxygens (including phenoxy) is 1. The highest BCUT2D eigenvalue weighted by molar-refractivity contribution is 9.09. The minimum atomic E-state index is -1.57. The average molecular weight is 329 g/mol. The molecule has 0 aliphatic carbocycles. The molecule has 4 atom stereocenters. The molecule has 106 valence electrons. The number of halogens is 1. The predicted octanol–water partition coefficient (Wildman–Crippen LogP) is 2.52. The molecule has 0 saturated carbocycles. The molecule has 0 aromatic carbocycles. The molecule has 1 heterocycles. The van der Waals surface area contributed by atoms with Crippen LogP contribution in [-0.2, 0) is 4.74 Å². The highest BCUT2D eigenvalue weighted by Crippen LogP contribution is 2.30. The van der Waals surface area contributed by atoms with E-state index in [1.54, 1.807) is 6.08 Å². The minimum absolute atomic E-state index is 0.133. The van der Waals surface area contributed by atoms with Crippen molar-refractivity contribution in [3.63, 3.8) is 0 Å². The van der Waals surface area contributed by atoms with Crippen molar-refractivity contribution in [2.24, 2.45) is 0 Å². The van der Waals surface area contributed by atoms with Gasteiger partial charge in [-0.1, -0.05) is 47.0 Å². The van der Waals surface area contributed by atoms with Crippen molar-refractivity contribution in [3.05, 3.63) is 24.3 Å². The van der Waals surface area contributed by atoms with E-state index < -0.39 is 11.9 Å². The van der Waals surface area contributed by atoms with Crippen LogP contribution < -0.4 is 0 Å². The second-order valence-corrected chi connectivity index (χ2v) is 5.83. The molecular weight excluding hydrogens is 308 g/mol. The van der Waals surface area contributed by atoms with Crippen LogP contribution in [0.15, 0.2) is 24.3 Å². The van der Waals surface area contributed by atoms with E-state index in [1.807, 2.05) is 19.1 Å². The van der Waals surface area contributed by atoms with Gasteiger partial charge >= 0.3 is 0 Å². The molecule has 0 aromatic rings. The molecule has 1 aliphatic rings. The van der Waals surface area contributed by atoms with Gasteiger partial charge in [0.25, 0.3) is 0 Å². The van der Waals surface area contributed by atoms with Gasteiger partial charge < -0.3 is 14.9 Å². The maximum atomic E-state index is 10.5. The van der Waals surface area contributed by atoms with Crippen molar-refractivity contribution in [2.45, 2.75) is 55.4 Å². The summed E-state index contributed by atoms with van der Waals surface area (Å²) in [4.78, 5) is 0.133. The third kappa shape index (κ3) is 4.77. The quantitative estimate of drug-likeness (QED) is 0.473. The van der Waals surface area contributed by atoms with Gasteiger partial charge in [0.2, 0.25) is 0 Å². The Morgan fingerprint density at radius 2 is 2.37 bits per heavy atom. The molecule has 0 saturated heterocycles. The Morgan fingerprint density at radius 1 is 1.63 bits per heavy atom. The normalized spacial score (nSPS) is 35.3. The van der Waals surface area contributed by atoms with Crippen molar-refractivity contribution in [2.75, 3.05) is 0 Å². The number of allylic oxidation sites excluding steroid dienone is 2. The number of alkyl halides is 1. The number of rotatable bonds is 4. The zero-order chi connectivity index (χ0) is 14.3. The maximum Gasteiger partial charge on any atom is 0.196 e. The lowest BCUT2D eigenvalue weighted by atomic mass is 9.99. The van der Waals surface area contributed by atoms with Crippen molar-refractivity contribution in [3.8, 4) is 12.3 Å². The lowest BCUT2D eigenvalue weighted by Crippen LogP contribution is -2.49. The molecule has 4 heteroatoms. The molecule has 0 bridgehead atoms. The van der Waals surface area contributed by atoms with E-state index in [-0.39, 0.29) is 23.8 Å². The lowest BCUT2D eigenvalue weighted by molar-refractivity contribution is -0.274. The van der Waals surface area contributed by atoms with Crippen molar-refractivity contribution >= 4 is 15.9 Å². The predicted molar refractivity (Wildman–Crippen MR) is 79.8 cm³/mol. The lowest BCUT2D eigenvalue weighted by Gasteiger charge is -2.37. The SMILES string of the molecule is C#C/C=C/C[C@@H](O)C1(O)C/C=C\C[C@H](Br)C(CC)O1. The fraction of sp³-hybridized carbons (Fsp3) is 0.600. The van der Waals surface area contributed by atoms with Gasteiger partial charge in [-0.3, -0.25) is 0 Å². The van der Waals surface area contributed by atoms with Gasteiger partial charge in [-0.15, -0.1) is 6.42 Å². The Labute approximate surface area is 123 Å². The monoisotopic (exact) mass is 328 g/mol. The van der Waals surface area contributed by atoms with Gasteiger partial charge in [-0.2, -0.15) is 0 Å². The average Bonchev–Trinajstić information content (AvgIpc) is 2.39. The summed E-state index contributed by atoms with van der Waals surface area (Å²) in [6.07, 6.45) is 13.1. The molecular formula is C15H21BrO3. The van der Waals surface area contributed by atoms with Crippen LogP contribution in [0.5, 0.6) is 0 Å². The number of aliphatic hydroxyl groups excluding tert-OH is 1. The summed E-state index contributed by atoms with van der Waals surface area (Å²) in [5.41, 5.74) is 0. The fourth-order valence-corrected chi connectivity index (χ4v) is 2.71. The second kappa shape index (κ2) is 7.86. The van der Waals surface area contributed by atoms with E-state index in [0.29, 0.717) is 0 Å². The summed E-state index contributed by atoms with van der Waals surface area (Å²) in [7, 11) is 0. The van der Waals surface area contributed by atoms with E-state index in [2.05, 4.69) is 21.9 Å². The number of aliphatic hydroxyl groups is 2. The largest absolute Gasteiger partial charge is 0.387 e. The molecule has 0 amide bonds. The first-order chi connectivity index (χ1) is 9.03. The van der Waals surface area contributed by atoms with E-state index in [9.17, 15) is 10.2 Å². The summed E-state index contributed by atoms with van der Waals surface area (Å²) < 4.78 is 5.75. The van der Waals surface area contributed by atoms with Crippen LogP contribution in [0.1, 0.15) is 32.6 Å². The van der Waals surface area contributed by atoms with E-state index in [0.717, 1.165) is 12.8 Å². The van der Waals surface area contributed by atoms with Crippen LogP contribution in [-0.4, -0.2) is 33.0 Å². The third-order valence-electron chi connectivity index (χ3n) is 3.19. The van der Waals surface area contributed by atoms with Gasteiger partial charge in [0.15, 0.2) is 5.79 Å². The Balaban J connectivity index is 2.80. The van der Waals surface area contributed by atoms with E-state index in [1.165, 1.54) is 6.08 Å². The van der Waals surface area contributed by atoms with Crippen molar-refractivity contribution < 1.29 is 14.9 Å². The highest BCUT2D eigenvalue weighted by atomic mass is 79.9. The first-order valence-corrected chi connectivity index (χ1v) is 7.43.